The molecule has 0 unspecified atom stereocenters. The number of hydrazone groups is 1. The predicted octanol–water partition coefficient (Wildman–Crippen LogP) is 3.60. The molecule has 3 nitrogen and oxygen atoms in total. The second-order valence-corrected chi connectivity index (χ2v) is 5.11. The van der Waals surface area contributed by atoms with Gasteiger partial charge in [0.1, 0.15) is 5.82 Å². The Kier molecular flexibility index (Phi) is 6.03. The molecule has 0 aliphatic rings. The van der Waals surface area contributed by atoms with Crippen molar-refractivity contribution < 1.29 is 4.39 Å². The number of benzene rings is 2. The molecule has 114 valence electrons. The van der Waals surface area contributed by atoms with E-state index in [0.717, 1.165) is 23.3 Å². The molecule has 0 spiro atoms. The summed E-state index contributed by atoms with van der Waals surface area (Å²) >= 11 is 5.20. The van der Waals surface area contributed by atoms with Crippen LogP contribution in [0.4, 0.5) is 4.39 Å². The smallest absolute Gasteiger partial charge is 0.187 e. The standard InChI is InChI=1S/C17H18FN3S/c1-2-16(14-8-10-15(18)11-9-14)20-21-17(22)19-12-13-6-4-3-5-7-13/h3-11H,2,12H2,1H3,(H2,19,21,22)/b20-16+. The normalized spacial score (nSPS) is 11.1. The molecule has 0 saturated carbocycles. The van der Waals surface area contributed by atoms with Gasteiger partial charge in [-0.25, -0.2) is 4.39 Å². The molecule has 2 N–H and O–H groups in total. The molecular weight excluding hydrogens is 297 g/mol. The van der Waals surface area contributed by atoms with Gasteiger partial charge in [0.15, 0.2) is 5.11 Å². The van der Waals surface area contributed by atoms with Gasteiger partial charge >= 0.3 is 0 Å². The number of nitrogens with zero attached hydrogens (tertiary/aromatic N) is 1. The highest BCUT2D eigenvalue weighted by Crippen LogP contribution is 2.06. The van der Waals surface area contributed by atoms with Crippen LogP contribution in [0, 0.1) is 5.82 Å². The largest absolute Gasteiger partial charge is 0.357 e. The van der Waals surface area contributed by atoms with E-state index in [4.69, 9.17) is 12.2 Å². The lowest BCUT2D eigenvalue weighted by Crippen LogP contribution is -2.32. The highest BCUT2D eigenvalue weighted by molar-refractivity contribution is 7.80. The van der Waals surface area contributed by atoms with Gasteiger partial charge in [-0.3, -0.25) is 5.43 Å². The quantitative estimate of drug-likeness (QED) is 0.503. The highest BCUT2D eigenvalue weighted by atomic mass is 32.1. The summed E-state index contributed by atoms with van der Waals surface area (Å²) in [6.45, 7) is 2.63. The first-order valence-electron chi connectivity index (χ1n) is 7.09. The van der Waals surface area contributed by atoms with Crippen LogP contribution >= 0.6 is 12.2 Å². The van der Waals surface area contributed by atoms with Crippen LogP contribution in [0.2, 0.25) is 0 Å². The third-order valence-corrected chi connectivity index (χ3v) is 3.34. The monoisotopic (exact) mass is 315 g/mol. The van der Waals surface area contributed by atoms with Gasteiger partial charge in [-0.15, -0.1) is 0 Å². The molecule has 0 atom stereocenters. The number of thiocarbonyl (C=S) groups is 1. The summed E-state index contributed by atoms with van der Waals surface area (Å²) in [7, 11) is 0. The Morgan fingerprint density at radius 2 is 1.77 bits per heavy atom. The van der Waals surface area contributed by atoms with Crippen LogP contribution in [0.5, 0.6) is 0 Å². The average molecular weight is 315 g/mol. The van der Waals surface area contributed by atoms with Gasteiger partial charge < -0.3 is 5.32 Å². The van der Waals surface area contributed by atoms with Crippen LogP contribution in [0.1, 0.15) is 24.5 Å². The third-order valence-electron chi connectivity index (χ3n) is 3.10. The molecule has 0 heterocycles. The molecule has 0 aliphatic heterocycles. The Hall–Kier alpha value is -2.27. The fourth-order valence-corrected chi connectivity index (χ4v) is 2.04. The summed E-state index contributed by atoms with van der Waals surface area (Å²) in [6.07, 6.45) is 0.722. The van der Waals surface area contributed by atoms with E-state index in [1.165, 1.54) is 12.1 Å². The molecule has 0 saturated heterocycles. The van der Waals surface area contributed by atoms with Crippen molar-refractivity contribution in [3.63, 3.8) is 0 Å². The number of rotatable bonds is 5. The van der Waals surface area contributed by atoms with Crippen LogP contribution in [0.3, 0.4) is 0 Å². The Balaban J connectivity index is 1.91. The molecule has 0 amide bonds. The lowest BCUT2D eigenvalue weighted by molar-refractivity contribution is 0.627. The van der Waals surface area contributed by atoms with Crippen LogP contribution in [-0.4, -0.2) is 10.8 Å². The maximum atomic E-state index is 12.9. The SMILES string of the molecule is CC/C(=N\NC(=S)NCc1ccccc1)c1ccc(F)cc1. The number of hydrogen-bond donors (Lipinski definition) is 2. The van der Waals surface area contributed by atoms with E-state index in [9.17, 15) is 4.39 Å². The summed E-state index contributed by atoms with van der Waals surface area (Å²) in [5, 5.41) is 7.84. The fourth-order valence-electron chi connectivity index (χ4n) is 1.93. The summed E-state index contributed by atoms with van der Waals surface area (Å²) in [6, 6.07) is 16.2. The van der Waals surface area contributed by atoms with Gasteiger partial charge in [-0.2, -0.15) is 5.10 Å². The van der Waals surface area contributed by atoms with Gasteiger partial charge in [-0.05, 0) is 41.9 Å². The maximum absolute atomic E-state index is 12.9. The van der Waals surface area contributed by atoms with Gasteiger partial charge in [0, 0.05) is 6.54 Å². The molecule has 0 bridgehead atoms. The lowest BCUT2D eigenvalue weighted by Gasteiger charge is -2.09. The summed E-state index contributed by atoms with van der Waals surface area (Å²) < 4.78 is 12.9. The van der Waals surface area contributed by atoms with Gasteiger partial charge in [-0.1, -0.05) is 49.4 Å². The van der Waals surface area contributed by atoms with E-state index in [1.54, 1.807) is 12.1 Å². The number of hydrogen-bond acceptors (Lipinski definition) is 2. The Morgan fingerprint density at radius 3 is 2.41 bits per heavy atom. The first kappa shape index (κ1) is 16.1. The lowest BCUT2D eigenvalue weighted by atomic mass is 10.1. The first-order valence-corrected chi connectivity index (χ1v) is 7.50. The van der Waals surface area contributed by atoms with E-state index in [2.05, 4.69) is 15.8 Å². The Morgan fingerprint density at radius 1 is 1.09 bits per heavy atom. The van der Waals surface area contributed by atoms with Crippen LogP contribution < -0.4 is 10.7 Å². The topological polar surface area (TPSA) is 36.4 Å². The zero-order valence-corrected chi connectivity index (χ0v) is 13.2. The number of nitrogens with one attached hydrogen (secondary N) is 2. The molecule has 2 aromatic carbocycles. The van der Waals surface area contributed by atoms with Crippen LogP contribution in [0.15, 0.2) is 59.7 Å². The third kappa shape index (κ3) is 4.93. The van der Waals surface area contributed by atoms with Crippen molar-refractivity contribution in [1.29, 1.82) is 0 Å². The number of halogens is 1. The average Bonchev–Trinajstić information content (AvgIpc) is 2.56. The van der Waals surface area contributed by atoms with Crippen molar-refractivity contribution in [3.8, 4) is 0 Å². The minimum Gasteiger partial charge on any atom is -0.357 e. The molecule has 0 fully saturated rings. The molecule has 0 aromatic heterocycles. The van der Waals surface area contributed by atoms with Crippen LogP contribution in [-0.2, 0) is 6.54 Å². The second kappa shape index (κ2) is 8.24. The van der Waals surface area contributed by atoms with E-state index in [-0.39, 0.29) is 5.82 Å². The van der Waals surface area contributed by atoms with Crippen molar-refractivity contribution in [2.75, 3.05) is 0 Å². The molecule has 0 radical (unpaired) electrons. The van der Waals surface area contributed by atoms with Gasteiger partial charge in [0.25, 0.3) is 0 Å². The van der Waals surface area contributed by atoms with Gasteiger partial charge in [0.2, 0.25) is 0 Å². The van der Waals surface area contributed by atoms with E-state index >= 15 is 0 Å². The van der Waals surface area contributed by atoms with Crippen molar-refractivity contribution >= 4 is 23.0 Å². The predicted molar refractivity (Wildman–Crippen MR) is 92.2 cm³/mol. The molecule has 2 rings (SSSR count). The zero-order chi connectivity index (χ0) is 15.8. The van der Waals surface area contributed by atoms with E-state index in [1.807, 2.05) is 37.3 Å². The molecule has 2 aromatic rings. The Labute approximate surface area is 135 Å². The molecule has 0 aliphatic carbocycles. The summed E-state index contributed by atoms with van der Waals surface area (Å²) in [5.74, 6) is -0.257. The molecular formula is C17H18FN3S. The minimum atomic E-state index is -0.257. The van der Waals surface area contributed by atoms with Crippen molar-refractivity contribution in [3.05, 3.63) is 71.5 Å². The zero-order valence-electron chi connectivity index (χ0n) is 12.3. The van der Waals surface area contributed by atoms with Gasteiger partial charge in [0.05, 0.1) is 5.71 Å². The minimum absolute atomic E-state index is 0.257. The van der Waals surface area contributed by atoms with Crippen molar-refractivity contribution in [1.82, 2.24) is 10.7 Å². The first-order chi connectivity index (χ1) is 10.7. The van der Waals surface area contributed by atoms with Crippen molar-refractivity contribution in [2.24, 2.45) is 5.10 Å². The summed E-state index contributed by atoms with van der Waals surface area (Å²) in [4.78, 5) is 0. The van der Waals surface area contributed by atoms with E-state index in [0.29, 0.717) is 11.7 Å². The summed E-state index contributed by atoms with van der Waals surface area (Å²) in [5.41, 5.74) is 5.68. The highest BCUT2D eigenvalue weighted by Gasteiger charge is 2.02. The molecule has 22 heavy (non-hydrogen) atoms. The fraction of sp³-hybridized carbons (Fsp3) is 0.176. The maximum Gasteiger partial charge on any atom is 0.187 e. The molecule has 5 heteroatoms. The van der Waals surface area contributed by atoms with Crippen LogP contribution in [0.25, 0.3) is 0 Å². The van der Waals surface area contributed by atoms with Crippen molar-refractivity contribution in [2.45, 2.75) is 19.9 Å². The Bertz CT molecular complexity index is 639. The second-order valence-electron chi connectivity index (χ2n) is 4.70. The van der Waals surface area contributed by atoms with E-state index < -0.39 is 0 Å².